The van der Waals surface area contributed by atoms with Gasteiger partial charge >= 0.3 is 5.97 Å². The molecular formula is C23H35ClN2O5. The van der Waals surface area contributed by atoms with Crippen LogP contribution in [0.15, 0.2) is 12.7 Å². The maximum Gasteiger partial charge on any atom is 0.303 e. The molecule has 0 aliphatic rings. The van der Waals surface area contributed by atoms with Crippen LogP contribution in [0, 0.1) is 20.8 Å². The van der Waals surface area contributed by atoms with Gasteiger partial charge in [-0.15, -0.1) is 6.58 Å². The number of rotatable bonds is 7. The van der Waals surface area contributed by atoms with Gasteiger partial charge in [0.25, 0.3) is 17.1 Å². The number of anilines is 1. The van der Waals surface area contributed by atoms with E-state index < -0.39 is 23.7 Å². The van der Waals surface area contributed by atoms with E-state index in [0.717, 1.165) is 0 Å². The molecule has 0 aliphatic carbocycles. The first-order valence-corrected chi connectivity index (χ1v) is 10.5. The van der Waals surface area contributed by atoms with E-state index in [1.165, 1.54) is 11.8 Å². The fraction of sp³-hybridized carbons (Fsp3) is 0.478. The molecule has 7 nitrogen and oxygen atoms in total. The molecule has 0 atom stereocenters. The Morgan fingerprint density at radius 3 is 1.90 bits per heavy atom. The lowest BCUT2D eigenvalue weighted by molar-refractivity contribution is -0.144. The van der Waals surface area contributed by atoms with Crippen molar-refractivity contribution in [1.82, 2.24) is 4.90 Å². The molecule has 0 unspecified atom stereocenters. The van der Waals surface area contributed by atoms with Gasteiger partial charge < -0.3 is 15.0 Å². The smallest absolute Gasteiger partial charge is 0.303 e. The fourth-order valence-electron chi connectivity index (χ4n) is 2.83. The summed E-state index contributed by atoms with van der Waals surface area (Å²) in [4.78, 5) is 49.2. The molecule has 1 rings (SSSR count). The van der Waals surface area contributed by atoms with E-state index in [1.807, 2.05) is 27.7 Å². The lowest BCUT2D eigenvalue weighted by Crippen LogP contribution is -2.30. The van der Waals surface area contributed by atoms with Crippen LogP contribution in [0.4, 0.5) is 5.69 Å². The van der Waals surface area contributed by atoms with Gasteiger partial charge in [-0.1, -0.05) is 33.8 Å². The molecule has 2 amide bonds. The molecule has 0 spiro atoms. The van der Waals surface area contributed by atoms with E-state index in [9.17, 15) is 19.2 Å². The van der Waals surface area contributed by atoms with Gasteiger partial charge in [-0.2, -0.15) is 0 Å². The first-order valence-electron chi connectivity index (χ1n) is 10.2. The van der Waals surface area contributed by atoms with Gasteiger partial charge in [0.05, 0.1) is 0 Å². The van der Waals surface area contributed by atoms with Gasteiger partial charge in [-0.05, 0) is 49.1 Å². The van der Waals surface area contributed by atoms with E-state index in [2.05, 4.69) is 16.6 Å². The maximum absolute atomic E-state index is 12.9. The number of hydrogen-bond donors (Lipinski definition) is 1. The van der Waals surface area contributed by atoms with Crippen LogP contribution in [0.5, 0.6) is 0 Å². The van der Waals surface area contributed by atoms with Crippen molar-refractivity contribution < 1.29 is 23.9 Å². The van der Waals surface area contributed by atoms with Crippen LogP contribution in [0.2, 0.25) is 0 Å². The second-order valence-electron chi connectivity index (χ2n) is 6.08. The first kappa shape index (κ1) is 30.5. The highest BCUT2D eigenvalue weighted by Gasteiger charge is 2.26. The van der Waals surface area contributed by atoms with Gasteiger partial charge in [-0.3, -0.25) is 19.2 Å². The zero-order valence-corrected chi connectivity index (χ0v) is 20.8. The number of nitrogens with zero attached hydrogens (tertiary/aromatic N) is 1. The van der Waals surface area contributed by atoms with Crippen molar-refractivity contribution in [2.45, 2.75) is 55.4 Å². The highest BCUT2D eigenvalue weighted by Crippen LogP contribution is 2.33. The fourth-order valence-corrected chi connectivity index (χ4v) is 3.12. The lowest BCUT2D eigenvalue weighted by atomic mass is 9.91. The third-order valence-electron chi connectivity index (χ3n) is 4.08. The molecule has 0 bridgehead atoms. The minimum absolute atomic E-state index is 0.153. The Kier molecular flexibility index (Phi) is 14.9. The van der Waals surface area contributed by atoms with Crippen LogP contribution in [-0.4, -0.2) is 48.1 Å². The number of ether oxygens (including phenoxy) is 1. The molecule has 8 heteroatoms. The zero-order valence-electron chi connectivity index (χ0n) is 20.1. The minimum atomic E-state index is -0.735. The van der Waals surface area contributed by atoms with Crippen LogP contribution in [0.1, 0.15) is 72.0 Å². The highest BCUT2D eigenvalue weighted by molar-refractivity contribution is 6.68. The number of amides is 2. The summed E-state index contributed by atoms with van der Waals surface area (Å²) in [7, 11) is 1.60. The molecule has 1 N–H and O–H groups in total. The molecule has 0 saturated heterocycles. The standard InChI is InChI=1S/C19H23ClN2O5.2C2H6/c1-7-8-22(6)19(26)16-10(2)15(18(20)25)11(3)17(12(16)4)21-14(24)9-27-13(5)23;2*1-2/h7H,1,8-9H2,2-6H3,(H,21,24);2*1-2H3. The van der Waals surface area contributed by atoms with E-state index in [1.54, 1.807) is 33.9 Å². The molecule has 0 heterocycles. The summed E-state index contributed by atoms with van der Waals surface area (Å²) in [5, 5.41) is 1.87. The molecule has 1 aromatic rings. The number of hydrogen-bond acceptors (Lipinski definition) is 5. The topological polar surface area (TPSA) is 92.8 Å². The van der Waals surface area contributed by atoms with E-state index in [4.69, 9.17) is 11.6 Å². The van der Waals surface area contributed by atoms with Gasteiger partial charge in [0.15, 0.2) is 6.61 Å². The summed E-state index contributed by atoms with van der Waals surface area (Å²) in [5.41, 5.74) is 2.07. The maximum atomic E-state index is 12.9. The summed E-state index contributed by atoms with van der Waals surface area (Å²) in [5.74, 6) is -1.52. The Bertz CT molecular complexity index is 819. The summed E-state index contributed by atoms with van der Waals surface area (Å²) in [6, 6.07) is 0. The number of carbonyl (C=O) groups excluding carboxylic acids is 4. The third kappa shape index (κ3) is 8.53. The van der Waals surface area contributed by atoms with Crippen molar-refractivity contribution in [2.24, 2.45) is 0 Å². The zero-order chi connectivity index (χ0) is 24.9. The van der Waals surface area contributed by atoms with Crippen LogP contribution in [0.3, 0.4) is 0 Å². The summed E-state index contributed by atoms with van der Waals surface area (Å²) in [6.45, 7) is 17.5. The Hall–Kier alpha value is -2.67. The van der Waals surface area contributed by atoms with Crippen molar-refractivity contribution in [3.05, 3.63) is 40.5 Å². The van der Waals surface area contributed by atoms with E-state index in [-0.39, 0.29) is 22.7 Å². The van der Waals surface area contributed by atoms with E-state index >= 15 is 0 Å². The van der Waals surface area contributed by atoms with Crippen LogP contribution >= 0.6 is 11.6 Å². The molecule has 0 fully saturated rings. The first-order chi connectivity index (χ1) is 14.5. The molecular weight excluding hydrogens is 420 g/mol. The Morgan fingerprint density at radius 1 is 1.00 bits per heavy atom. The van der Waals surface area contributed by atoms with Crippen molar-refractivity contribution in [3.63, 3.8) is 0 Å². The minimum Gasteiger partial charge on any atom is -0.456 e. The van der Waals surface area contributed by atoms with E-state index in [0.29, 0.717) is 23.2 Å². The Morgan fingerprint density at radius 2 is 1.48 bits per heavy atom. The van der Waals surface area contributed by atoms with Crippen molar-refractivity contribution >= 4 is 40.3 Å². The Labute approximate surface area is 190 Å². The summed E-state index contributed by atoms with van der Waals surface area (Å²) in [6.07, 6.45) is 1.58. The number of halogens is 1. The average molecular weight is 455 g/mol. The number of benzene rings is 1. The monoisotopic (exact) mass is 454 g/mol. The number of carbonyl (C=O) groups is 4. The number of nitrogens with one attached hydrogen (secondary N) is 1. The predicted octanol–water partition coefficient (Wildman–Crippen LogP) is 4.80. The van der Waals surface area contributed by atoms with Crippen molar-refractivity contribution in [3.8, 4) is 0 Å². The van der Waals surface area contributed by atoms with Gasteiger partial charge in [0.1, 0.15) is 0 Å². The van der Waals surface area contributed by atoms with Crippen LogP contribution in [0.25, 0.3) is 0 Å². The quantitative estimate of drug-likeness (QED) is 0.362. The molecule has 0 saturated carbocycles. The van der Waals surface area contributed by atoms with Gasteiger partial charge in [0, 0.05) is 37.3 Å². The third-order valence-corrected chi connectivity index (χ3v) is 4.27. The van der Waals surface area contributed by atoms with Gasteiger partial charge in [-0.25, -0.2) is 0 Å². The second-order valence-corrected chi connectivity index (χ2v) is 6.42. The summed E-state index contributed by atoms with van der Waals surface area (Å²) < 4.78 is 4.67. The Balaban J connectivity index is 0. The molecule has 0 aliphatic heterocycles. The molecule has 174 valence electrons. The number of esters is 1. The summed E-state index contributed by atoms with van der Waals surface area (Å²) >= 11 is 5.73. The lowest BCUT2D eigenvalue weighted by Gasteiger charge is -2.23. The van der Waals surface area contributed by atoms with Crippen molar-refractivity contribution in [2.75, 3.05) is 25.5 Å². The van der Waals surface area contributed by atoms with Crippen molar-refractivity contribution in [1.29, 1.82) is 0 Å². The number of likely N-dealkylation sites (N-methyl/N-ethyl adjacent to an activating group) is 1. The molecule has 1 aromatic carbocycles. The largest absolute Gasteiger partial charge is 0.456 e. The SMILES string of the molecule is C=CCN(C)C(=O)c1c(C)c(NC(=O)COC(C)=O)c(C)c(C(=O)Cl)c1C.CC.CC. The predicted molar refractivity (Wildman–Crippen MR) is 126 cm³/mol. The normalized spacial score (nSPS) is 9.23. The molecule has 0 radical (unpaired) electrons. The van der Waals surface area contributed by atoms with Crippen LogP contribution in [-0.2, 0) is 14.3 Å². The van der Waals surface area contributed by atoms with Crippen LogP contribution < -0.4 is 5.32 Å². The average Bonchev–Trinajstić information content (AvgIpc) is 2.72. The highest BCUT2D eigenvalue weighted by atomic mass is 35.5. The van der Waals surface area contributed by atoms with Gasteiger partial charge in [0.2, 0.25) is 0 Å². The molecule has 31 heavy (non-hydrogen) atoms. The molecule has 0 aromatic heterocycles. The second kappa shape index (κ2) is 15.2.